The number of anilines is 2. The van der Waals surface area contributed by atoms with Gasteiger partial charge < -0.3 is 10.3 Å². The lowest BCUT2D eigenvalue weighted by Gasteiger charge is -2.27. The molecule has 1 heterocycles. The second kappa shape index (κ2) is 5.91. The predicted octanol–water partition coefficient (Wildman–Crippen LogP) is 3.22. The minimum Gasteiger partial charge on any atom is -0.368 e. The smallest absolute Gasteiger partial charge is 0.141 e. The maximum Gasteiger partial charge on any atom is 0.141 e. The van der Waals surface area contributed by atoms with Crippen LogP contribution in [0.3, 0.4) is 0 Å². The summed E-state index contributed by atoms with van der Waals surface area (Å²) in [6.45, 7) is 2.14. The van der Waals surface area contributed by atoms with Gasteiger partial charge >= 0.3 is 0 Å². The molecule has 0 radical (unpaired) electrons. The van der Waals surface area contributed by atoms with Gasteiger partial charge in [0.1, 0.15) is 5.82 Å². The molecule has 0 aliphatic rings. The maximum absolute atomic E-state index is 5.91. The van der Waals surface area contributed by atoms with E-state index in [1.807, 2.05) is 43.4 Å². The summed E-state index contributed by atoms with van der Waals surface area (Å²) >= 11 is 5.91. The molecule has 0 saturated carbocycles. The van der Waals surface area contributed by atoms with Crippen LogP contribution < -0.4 is 16.2 Å². The van der Waals surface area contributed by atoms with Crippen LogP contribution in [0.25, 0.3) is 0 Å². The zero-order valence-electron chi connectivity index (χ0n) is 11.0. The fourth-order valence-corrected chi connectivity index (χ4v) is 2.03. The minimum absolute atomic E-state index is 0.227. The van der Waals surface area contributed by atoms with Crippen molar-refractivity contribution in [2.45, 2.75) is 13.0 Å². The molecule has 0 bridgehead atoms. The van der Waals surface area contributed by atoms with Gasteiger partial charge in [-0.1, -0.05) is 23.7 Å². The topological polar surface area (TPSA) is 54.2 Å². The molecule has 1 atom stereocenters. The number of nitrogens with one attached hydrogen (secondary N) is 1. The molecule has 0 spiro atoms. The first kappa shape index (κ1) is 13.6. The van der Waals surface area contributed by atoms with Crippen molar-refractivity contribution in [3.05, 3.63) is 53.2 Å². The van der Waals surface area contributed by atoms with Gasteiger partial charge in [0, 0.05) is 30.0 Å². The highest BCUT2D eigenvalue weighted by molar-refractivity contribution is 6.30. The van der Waals surface area contributed by atoms with Gasteiger partial charge in [0.2, 0.25) is 0 Å². The number of rotatable bonds is 4. The van der Waals surface area contributed by atoms with Crippen LogP contribution in [0.1, 0.15) is 18.5 Å². The van der Waals surface area contributed by atoms with E-state index in [4.69, 9.17) is 17.4 Å². The van der Waals surface area contributed by atoms with Gasteiger partial charge in [0.15, 0.2) is 0 Å². The van der Waals surface area contributed by atoms with Crippen LogP contribution in [0.5, 0.6) is 0 Å². The number of nitrogens with zero attached hydrogens (tertiary/aromatic N) is 2. The Bertz CT molecular complexity index is 541. The average Bonchev–Trinajstić information content (AvgIpc) is 2.46. The van der Waals surface area contributed by atoms with E-state index in [0.717, 1.165) is 10.7 Å². The number of hydrazine groups is 1. The SMILES string of the molecule is CC(c1ccc(Cl)cc1)N(C)c1ccnc(NN)c1. The Morgan fingerprint density at radius 1 is 1.26 bits per heavy atom. The standard InChI is InChI=1S/C14H17ClN4/c1-10(11-3-5-12(15)6-4-11)19(2)13-7-8-17-14(9-13)18-16/h3-10H,16H2,1-2H3,(H,17,18). The monoisotopic (exact) mass is 276 g/mol. The van der Waals surface area contributed by atoms with Crippen molar-refractivity contribution in [1.29, 1.82) is 0 Å². The lowest BCUT2D eigenvalue weighted by molar-refractivity contribution is 0.739. The summed E-state index contributed by atoms with van der Waals surface area (Å²) in [5.74, 6) is 6.02. The molecule has 0 aliphatic heterocycles. The summed E-state index contributed by atoms with van der Waals surface area (Å²) in [7, 11) is 2.04. The normalized spacial score (nSPS) is 12.0. The van der Waals surface area contributed by atoms with E-state index in [2.05, 4.69) is 22.2 Å². The molecule has 0 amide bonds. The molecule has 1 aromatic heterocycles. The van der Waals surface area contributed by atoms with Crippen molar-refractivity contribution in [3.63, 3.8) is 0 Å². The van der Waals surface area contributed by atoms with Crippen LogP contribution in [0.4, 0.5) is 11.5 Å². The van der Waals surface area contributed by atoms with E-state index in [1.54, 1.807) is 6.20 Å². The van der Waals surface area contributed by atoms with Gasteiger partial charge in [0.05, 0.1) is 6.04 Å². The lowest BCUT2D eigenvalue weighted by Crippen LogP contribution is -2.22. The number of pyridine rings is 1. The van der Waals surface area contributed by atoms with Gasteiger partial charge in [-0.3, -0.25) is 0 Å². The Kier molecular flexibility index (Phi) is 4.24. The molecule has 1 unspecified atom stereocenters. The molecule has 3 N–H and O–H groups in total. The van der Waals surface area contributed by atoms with E-state index < -0.39 is 0 Å². The average molecular weight is 277 g/mol. The van der Waals surface area contributed by atoms with Gasteiger partial charge in [-0.15, -0.1) is 0 Å². The third kappa shape index (κ3) is 3.16. The summed E-state index contributed by atoms with van der Waals surface area (Å²) in [6, 6.07) is 12.0. The van der Waals surface area contributed by atoms with Crippen LogP contribution in [0, 0.1) is 0 Å². The van der Waals surface area contributed by atoms with Crippen LogP contribution in [0.15, 0.2) is 42.6 Å². The third-order valence-corrected chi connectivity index (χ3v) is 3.48. The highest BCUT2D eigenvalue weighted by atomic mass is 35.5. The van der Waals surface area contributed by atoms with Gasteiger partial charge in [0.25, 0.3) is 0 Å². The van der Waals surface area contributed by atoms with E-state index in [1.165, 1.54) is 5.56 Å². The molecule has 100 valence electrons. The summed E-state index contributed by atoms with van der Waals surface area (Å²) in [5, 5.41) is 0.747. The Hall–Kier alpha value is -1.78. The lowest BCUT2D eigenvalue weighted by atomic mass is 10.1. The Balaban J connectivity index is 2.22. The summed E-state index contributed by atoms with van der Waals surface area (Å²) in [5.41, 5.74) is 4.80. The van der Waals surface area contributed by atoms with Gasteiger partial charge in [-0.05, 0) is 30.7 Å². The van der Waals surface area contributed by atoms with Crippen molar-refractivity contribution in [3.8, 4) is 0 Å². The highest BCUT2D eigenvalue weighted by Crippen LogP contribution is 2.26. The number of hydrogen-bond donors (Lipinski definition) is 2. The fourth-order valence-electron chi connectivity index (χ4n) is 1.91. The predicted molar refractivity (Wildman–Crippen MR) is 80.3 cm³/mol. The first-order valence-corrected chi connectivity index (χ1v) is 6.40. The Morgan fingerprint density at radius 2 is 1.95 bits per heavy atom. The fraction of sp³-hybridized carbons (Fsp3) is 0.214. The molecule has 1 aromatic carbocycles. The molecular weight excluding hydrogens is 260 g/mol. The van der Waals surface area contributed by atoms with Crippen molar-refractivity contribution in [2.24, 2.45) is 5.84 Å². The maximum atomic E-state index is 5.91. The second-order valence-corrected chi connectivity index (χ2v) is 4.82. The number of hydrogen-bond acceptors (Lipinski definition) is 4. The second-order valence-electron chi connectivity index (χ2n) is 4.38. The first-order chi connectivity index (χ1) is 9.11. The highest BCUT2D eigenvalue weighted by Gasteiger charge is 2.12. The number of nitrogen functional groups attached to an aromatic ring is 1. The Labute approximate surface area is 118 Å². The zero-order chi connectivity index (χ0) is 13.8. The molecular formula is C14H17ClN4. The largest absolute Gasteiger partial charge is 0.368 e. The van der Waals surface area contributed by atoms with Crippen molar-refractivity contribution in [1.82, 2.24) is 4.98 Å². The summed E-state index contributed by atoms with van der Waals surface area (Å²) in [6.07, 6.45) is 1.73. The molecule has 0 saturated heterocycles. The van der Waals surface area contributed by atoms with E-state index in [-0.39, 0.29) is 6.04 Å². The van der Waals surface area contributed by atoms with E-state index >= 15 is 0 Å². The third-order valence-electron chi connectivity index (χ3n) is 3.23. The molecule has 0 fully saturated rings. The van der Waals surface area contributed by atoms with E-state index in [9.17, 15) is 0 Å². The zero-order valence-corrected chi connectivity index (χ0v) is 11.7. The molecule has 4 nitrogen and oxygen atoms in total. The number of aromatic nitrogens is 1. The van der Waals surface area contributed by atoms with Crippen molar-refractivity contribution < 1.29 is 0 Å². The minimum atomic E-state index is 0.227. The first-order valence-electron chi connectivity index (χ1n) is 6.03. The van der Waals surface area contributed by atoms with Crippen LogP contribution in [-0.2, 0) is 0 Å². The molecule has 19 heavy (non-hydrogen) atoms. The summed E-state index contributed by atoms with van der Waals surface area (Å²) < 4.78 is 0. The number of nitrogens with two attached hydrogens (primary N) is 1. The quantitative estimate of drug-likeness (QED) is 0.665. The van der Waals surface area contributed by atoms with Crippen molar-refractivity contribution >= 4 is 23.1 Å². The molecule has 2 aromatic rings. The van der Waals surface area contributed by atoms with Gasteiger partial charge in [-0.2, -0.15) is 0 Å². The molecule has 2 rings (SSSR count). The van der Waals surface area contributed by atoms with E-state index in [0.29, 0.717) is 5.82 Å². The number of benzene rings is 1. The van der Waals surface area contributed by atoms with Gasteiger partial charge in [-0.25, -0.2) is 10.8 Å². The van der Waals surface area contributed by atoms with Crippen LogP contribution in [-0.4, -0.2) is 12.0 Å². The number of halogens is 1. The molecule has 0 aliphatic carbocycles. The summed E-state index contributed by atoms with van der Waals surface area (Å²) in [4.78, 5) is 6.26. The molecule has 5 heteroatoms. The van der Waals surface area contributed by atoms with Crippen LogP contribution >= 0.6 is 11.6 Å². The van der Waals surface area contributed by atoms with Crippen LogP contribution in [0.2, 0.25) is 5.02 Å². The Morgan fingerprint density at radius 3 is 2.58 bits per heavy atom. The van der Waals surface area contributed by atoms with Crippen molar-refractivity contribution in [2.75, 3.05) is 17.4 Å².